The fourth-order valence-corrected chi connectivity index (χ4v) is 1.70. The lowest BCUT2D eigenvalue weighted by molar-refractivity contribution is -0.325. The Morgan fingerprint density at radius 3 is 2.60 bits per heavy atom. The Kier molecular flexibility index (Phi) is 6.81. The summed E-state index contributed by atoms with van der Waals surface area (Å²) in [6.45, 7) is 4.88. The van der Waals surface area contributed by atoms with Crippen molar-refractivity contribution in [3.63, 3.8) is 0 Å². The maximum absolute atomic E-state index is 11.8. The molecule has 3 nitrogen and oxygen atoms in total. The van der Waals surface area contributed by atoms with Gasteiger partial charge >= 0.3 is 6.36 Å². The van der Waals surface area contributed by atoms with E-state index in [1.165, 1.54) is 0 Å². The molecule has 0 aliphatic heterocycles. The van der Waals surface area contributed by atoms with Gasteiger partial charge < -0.3 is 10.1 Å². The van der Waals surface area contributed by atoms with Gasteiger partial charge in [-0.25, -0.2) is 0 Å². The lowest BCUT2D eigenvalue weighted by Gasteiger charge is -2.13. The minimum Gasteiger partial charge on any atom is -0.491 e. The van der Waals surface area contributed by atoms with Crippen molar-refractivity contribution in [1.82, 2.24) is 5.32 Å². The molecule has 0 aliphatic rings. The summed E-state index contributed by atoms with van der Waals surface area (Å²) >= 11 is 0. The van der Waals surface area contributed by atoms with Crippen LogP contribution in [0.1, 0.15) is 24.5 Å². The Morgan fingerprint density at radius 2 is 1.95 bits per heavy atom. The van der Waals surface area contributed by atoms with Gasteiger partial charge in [0.05, 0.1) is 6.61 Å². The van der Waals surface area contributed by atoms with Gasteiger partial charge in [0.15, 0.2) is 0 Å². The van der Waals surface area contributed by atoms with Crippen LogP contribution in [-0.2, 0) is 11.3 Å². The maximum Gasteiger partial charge on any atom is 0.522 e. The van der Waals surface area contributed by atoms with Crippen molar-refractivity contribution in [3.05, 3.63) is 29.3 Å². The van der Waals surface area contributed by atoms with Gasteiger partial charge in [-0.05, 0) is 26.0 Å². The average Bonchev–Trinajstić information content (AvgIpc) is 2.36. The lowest BCUT2D eigenvalue weighted by atomic mass is 10.1. The molecule has 0 fully saturated rings. The third kappa shape index (κ3) is 6.77. The van der Waals surface area contributed by atoms with Crippen molar-refractivity contribution in [1.29, 1.82) is 0 Å². The van der Waals surface area contributed by atoms with Gasteiger partial charge in [-0.1, -0.05) is 24.6 Å². The van der Waals surface area contributed by atoms with E-state index >= 15 is 0 Å². The van der Waals surface area contributed by atoms with Crippen molar-refractivity contribution in [3.8, 4) is 5.75 Å². The molecule has 0 unspecified atom stereocenters. The number of ether oxygens (including phenoxy) is 2. The van der Waals surface area contributed by atoms with Crippen LogP contribution < -0.4 is 10.1 Å². The molecule has 0 aromatic heterocycles. The first-order valence-corrected chi connectivity index (χ1v) is 6.56. The van der Waals surface area contributed by atoms with Crippen LogP contribution in [0.4, 0.5) is 13.2 Å². The maximum atomic E-state index is 11.8. The Bertz CT molecular complexity index is 408. The SMILES string of the molecule is CCCNCc1cc(C)ccc1OCCOC(F)(F)F. The van der Waals surface area contributed by atoms with Crippen LogP contribution in [0, 0.1) is 6.92 Å². The molecule has 20 heavy (non-hydrogen) atoms. The first-order valence-electron chi connectivity index (χ1n) is 6.56. The van der Waals surface area contributed by atoms with Gasteiger partial charge in [0, 0.05) is 12.1 Å². The smallest absolute Gasteiger partial charge is 0.491 e. The quantitative estimate of drug-likeness (QED) is 0.745. The largest absolute Gasteiger partial charge is 0.522 e. The molecular weight excluding hydrogens is 271 g/mol. The minimum absolute atomic E-state index is 0.136. The number of rotatable bonds is 8. The van der Waals surface area contributed by atoms with E-state index in [0.717, 1.165) is 24.1 Å². The Morgan fingerprint density at radius 1 is 1.20 bits per heavy atom. The summed E-state index contributed by atoms with van der Waals surface area (Å²) in [5, 5.41) is 3.24. The molecule has 0 heterocycles. The van der Waals surface area contributed by atoms with E-state index in [2.05, 4.69) is 17.0 Å². The Balaban J connectivity index is 2.51. The van der Waals surface area contributed by atoms with Crippen LogP contribution in [0.2, 0.25) is 0 Å². The first kappa shape index (κ1) is 16.8. The predicted molar refractivity (Wildman–Crippen MR) is 70.7 cm³/mol. The average molecular weight is 291 g/mol. The summed E-state index contributed by atoms with van der Waals surface area (Å²) in [7, 11) is 0. The van der Waals surface area contributed by atoms with Crippen LogP contribution >= 0.6 is 0 Å². The monoisotopic (exact) mass is 291 g/mol. The van der Waals surface area contributed by atoms with Gasteiger partial charge in [-0.15, -0.1) is 13.2 Å². The topological polar surface area (TPSA) is 30.5 Å². The van der Waals surface area contributed by atoms with Crippen molar-refractivity contribution in [2.75, 3.05) is 19.8 Å². The summed E-state index contributed by atoms with van der Waals surface area (Å²) in [6, 6.07) is 5.59. The molecule has 1 N–H and O–H groups in total. The van der Waals surface area contributed by atoms with Crippen LogP contribution in [0.5, 0.6) is 5.75 Å². The van der Waals surface area contributed by atoms with Crippen molar-refractivity contribution in [2.45, 2.75) is 33.2 Å². The second kappa shape index (κ2) is 8.11. The number of aryl methyl sites for hydroxylation is 1. The molecule has 1 aromatic rings. The van der Waals surface area contributed by atoms with Crippen LogP contribution in [0.15, 0.2) is 18.2 Å². The zero-order valence-corrected chi connectivity index (χ0v) is 11.7. The predicted octanol–water partition coefficient (Wildman–Crippen LogP) is 3.41. The Labute approximate surface area is 117 Å². The minimum atomic E-state index is -4.61. The molecule has 0 aliphatic carbocycles. The lowest BCUT2D eigenvalue weighted by Crippen LogP contribution is -2.19. The van der Waals surface area contributed by atoms with Crippen LogP contribution in [0.3, 0.4) is 0 Å². The number of alkyl halides is 3. The highest BCUT2D eigenvalue weighted by molar-refractivity contribution is 5.36. The summed E-state index contributed by atoms with van der Waals surface area (Å²) in [4.78, 5) is 0. The standard InChI is InChI=1S/C14H20F3NO2/c1-3-6-18-10-12-9-11(2)4-5-13(12)19-7-8-20-14(15,16)17/h4-5,9,18H,3,6-8,10H2,1-2H3. The molecule has 0 bridgehead atoms. The van der Waals surface area contributed by atoms with Gasteiger partial charge in [0.2, 0.25) is 0 Å². The van der Waals surface area contributed by atoms with Gasteiger partial charge in [0.1, 0.15) is 12.4 Å². The van der Waals surface area contributed by atoms with Crippen molar-refractivity contribution < 1.29 is 22.6 Å². The number of nitrogens with one attached hydrogen (secondary N) is 1. The third-order valence-corrected chi connectivity index (χ3v) is 2.56. The van der Waals surface area contributed by atoms with E-state index in [1.54, 1.807) is 6.07 Å². The van der Waals surface area contributed by atoms with E-state index in [0.29, 0.717) is 12.3 Å². The van der Waals surface area contributed by atoms with Gasteiger partial charge in [-0.2, -0.15) is 0 Å². The third-order valence-electron chi connectivity index (χ3n) is 2.56. The van der Waals surface area contributed by atoms with Gasteiger partial charge in [0.25, 0.3) is 0 Å². The number of halogens is 3. The van der Waals surface area contributed by atoms with Crippen molar-refractivity contribution >= 4 is 0 Å². The summed E-state index contributed by atoms with van der Waals surface area (Å²) in [5.74, 6) is 0.588. The second-order valence-electron chi connectivity index (χ2n) is 4.43. The summed E-state index contributed by atoms with van der Waals surface area (Å²) in [5.41, 5.74) is 2.02. The molecule has 6 heteroatoms. The molecule has 0 radical (unpaired) electrons. The highest BCUT2D eigenvalue weighted by Gasteiger charge is 2.28. The fraction of sp³-hybridized carbons (Fsp3) is 0.571. The molecule has 114 valence electrons. The molecule has 0 saturated heterocycles. The van der Waals surface area contributed by atoms with Crippen LogP contribution in [-0.4, -0.2) is 26.1 Å². The molecular formula is C14H20F3NO2. The van der Waals surface area contributed by atoms with E-state index in [1.807, 2.05) is 19.1 Å². The summed E-state index contributed by atoms with van der Waals surface area (Å²) < 4.78 is 44.5. The molecule has 0 saturated carbocycles. The Hall–Kier alpha value is -1.27. The molecule has 1 rings (SSSR count). The molecule has 0 spiro atoms. The highest BCUT2D eigenvalue weighted by atomic mass is 19.4. The number of hydrogen-bond donors (Lipinski definition) is 1. The van der Waals surface area contributed by atoms with Gasteiger partial charge in [-0.3, -0.25) is 4.74 Å². The summed E-state index contributed by atoms with van der Waals surface area (Å²) in [6.07, 6.45) is -3.59. The van der Waals surface area contributed by atoms with Crippen molar-refractivity contribution in [2.24, 2.45) is 0 Å². The number of hydrogen-bond acceptors (Lipinski definition) is 3. The van der Waals surface area contributed by atoms with E-state index in [4.69, 9.17) is 4.74 Å². The zero-order chi connectivity index (χ0) is 15.0. The number of benzene rings is 1. The first-order chi connectivity index (χ1) is 9.42. The van der Waals surface area contributed by atoms with E-state index in [-0.39, 0.29) is 6.61 Å². The molecule has 0 amide bonds. The van der Waals surface area contributed by atoms with E-state index < -0.39 is 13.0 Å². The molecule has 1 aromatic carbocycles. The zero-order valence-electron chi connectivity index (χ0n) is 11.7. The van der Waals surface area contributed by atoms with E-state index in [9.17, 15) is 13.2 Å². The second-order valence-corrected chi connectivity index (χ2v) is 4.43. The fourth-order valence-electron chi connectivity index (χ4n) is 1.70. The highest BCUT2D eigenvalue weighted by Crippen LogP contribution is 2.21. The molecule has 0 atom stereocenters. The van der Waals surface area contributed by atoms with Crippen LogP contribution in [0.25, 0.3) is 0 Å². The normalized spacial score (nSPS) is 11.7.